The molecule has 0 aliphatic heterocycles. The average Bonchev–Trinajstić information content (AvgIpc) is 2.64. The zero-order chi connectivity index (χ0) is 14.2. The van der Waals surface area contributed by atoms with Gasteiger partial charge in [0.1, 0.15) is 0 Å². The number of nitrogens with zero attached hydrogens (tertiary/aromatic N) is 2. The van der Waals surface area contributed by atoms with Crippen molar-refractivity contribution in [1.82, 2.24) is 9.78 Å². The number of anilines is 1. The van der Waals surface area contributed by atoms with Crippen LogP contribution in [0.3, 0.4) is 0 Å². The van der Waals surface area contributed by atoms with Crippen molar-refractivity contribution < 1.29 is 8.42 Å². The predicted octanol–water partition coefficient (Wildman–Crippen LogP) is 3.29. The molecule has 0 unspecified atom stereocenters. The lowest BCUT2D eigenvalue weighted by molar-refractivity contribution is 0.582. The van der Waals surface area contributed by atoms with Gasteiger partial charge in [-0.15, -0.1) is 0 Å². The Morgan fingerprint density at radius 2 is 2.05 bits per heavy atom. The molecule has 1 aromatic carbocycles. The van der Waals surface area contributed by atoms with Gasteiger partial charge in [-0.3, -0.25) is 9.40 Å². The first kappa shape index (κ1) is 14.6. The van der Waals surface area contributed by atoms with E-state index in [1.165, 1.54) is 24.0 Å². The maximum atomic E-state index is 12.2. The van der Waals surface area contributed by atoms with Crippen LogP contribution in [0.15, 0.2) is 33.9 Å². The maximum Gasteiger partial charge on any atom is 0.280 e. The van der Waals surface area contributed by atoms with Crippen molar-refractivity contribution in [2.24, 2.45) is 7.05 Å². The van der Waals surface area contributed by atoms with Crippen LogP contribution in [-0.2, 0) is 17.1 Å². The van der Waals surface area contributed by atoms with E-state index in [2.05, 4.69) is 25.8 Å². The van der Waals surface area contributed by atoms with Crippen LogP contribution in [0.4, 0.5) is 5.69 Å². The molecule has 2 rings (SSSR count). The molecule has 0 spiro atoms. The maximum absolute atomic E-state index is 12.2. The van der Waals surface area contributed by atoms with E-state index in [0.717, 1.165) is 0 Å². The average molecular weight is 385 g/mol. The number of hydrogen-bond acceptors (Lipinski definition) is 3. The minimum atomic E-state index is -3.84. The van der Waals surface area contributed by atoms with Gasteiger partial charge in [0.05, 0.1) is 16.9 Å². The molecule has 9 heteroatoms. The molecule has 0 amide bonds. The highest BCUT2D eigenvalue weighted by Gasteiger charge is 2.23. The van der Waals surface area contributed by atoms with Gasteiger partial charge in [-0.25, -0.2) is 0 Å². The highest BCUT2D eigenvalue weighted by Crippen LogP contribution is 2.29. The molecule has 1 heterocycles. The van der Waals surface area contributed by atoms with Crippen molar-refractivity contribution in [3.63, 3.8) is 0 Å². The van der Waals surface area contributed by atoms with Crippen LogP contribution in [0.2, 0.25) is 10.0 Å². The molecule has 2 aromatic rings. The summed E-state index contributed by atoms with van der Waals surface area (Å²) in [5.74, 6) is 0. The topological polar surface area (TPSA) is 64.0 Å². The van der Waals surface area contributed by atoms with Crippen LogP contribution in [-0.4, -0.2) is 18.2 Å². The van der Waals surface area contributed by atoms with Gasteiger partial charge in [-0.2, -0.15) is 13.5 Å². The number of aryl methyl sites for hydroxylation is 1. The summed E-state index contributed by atoms with van der Waals surface area (Å²) in [6, 6.07) is 4.78. The molecule has 5 nitrogen and oxygen atoms in total. The lowest BCUT2D eigenvalue weighted by Gasteiger charge is -2.10. The first-order valence-corrected chi connectivity index (χ1v) is 8.00. The second-order valence-electron chi connectivity index (χ2n) is 3.65. The molecule has 0 aliphatic carbocycles. The molecule has 0 saturated heterocycles. The van der Waals surface area contributed by atoms with Crippen molar-refractivity contribution in [2.75, 3.05) is 4.72 Å². The van der Waals surface area contributed by atoms with Gasteiger partial charge < -0.3 is 0 Å². The second kappa shape index (κ2) is 5.32. The Bertz CT molecular complexity index is 711. The van der Waals surface area contributed by atoms with E-state index in [0.29, 0.717) is 15.2 Å². The fourth-order valence-corrected chi connectivity index (χ4v) is 3.85. The molecule has 0 fully saturated rings. The molecule has 0 radical (unpaired) electrons. The van der Waals surface area contributed by atoms with Crippen molar-refractivity contribution >= 4 is 54.8 Å². The largest absolute Gasteiger partial charge is 0.280 e. The van der Waals surface area contributed by atoms with E-state index in [9.17, 15) is 8.42 Å². The van der Waals surface area contributed by atoms with Gasteiger partial charge in [0.2, 0.25) is 0 Å². The SMILES string of the molecule is Cn1ncc(Cl)c1S(=O)(=O)Nc1cc(Cl)ccc1Br. The zero-order valence-electron chi connectivity index (χ0n) is 9.56. The van der Waals surface area contributed by atoms with Gasteiger partial charge >= 0.3 is 0 Å². The predicted molar refractivity (Wildman–Crippen MR) is 78.2 cm³/mol. The lowest BCUT2D eigenvalue weighted by atomic mass is 10.3. The number of aromatic nitrogens is 2. The Hall–Kier alpha value is -0.760. The van der Waals surface area contributed by atoms with Crippen LogP contribution >= 0.6 is 39.1 Å². The summed E-state index contributed by atoms with van der Waals surface area (Å²) in [6.45, 7) is 0. The molecule has 0 saturated carbocycles. The third kappa shape index (κ3) is 3.05. The minimum Gasteiger partial charge on any atom is -0.277 e. The highest BCUT2D eigenvalue weighted by atomic mass is 79.9. The number of hydrogen-bond donors (Lipinski definition) is 1. The van der Waals surface area contributed by atoms with Crippen molar-refractivity contribution in [3.8, 4) is 0 Å². The van der Waals surface area contributed by atoms with Gasteiger partial charge in [0.25, 0.3) is 10.0 Å². The smallest absolute Gasteiger partial charge is 0.277 e. The quantitative estimate of drug-likeness (QED) is 0.882. The third-order valence-corrected chi connectivity index (χ3v) is 5.07. The fourth-order valence-electron chi connectivity index (χ4n) is 1.47. The fraction of sp³-hybridized carbons (Fsp3) is 0.100. The highest BCUT2D eigenvalue weighted by molar-refractivity contribution is 9.10. The Labute approximate surface area is 128 Å². The number of nitrogens with one attached hydrogen (secondary N) is 1. The summed E-state index contributed by atoms with van der Waals surface area (Å²) < 4.78 is 28.7. The molecular weight excluding hydrogens is 377 g/mol. The number of sulfonamides is 1. The van der Waals surface area contributed by atoms with Crippen LogP contribution in [0.25, 0.3) is 0 Å². The van der Waals surface area contributed by atoms with E-state index in [1.54, 1.807) is 12.1 Å². The summed E-state index contributed by atoms with van der Waals surface area (Å²) in [6.07, 6.45) is 1.27. The molecular formula is C10H8BrCl2N3O2S. The summed E-state index contributed by atoms with van der Waals surface area (Å²) >= 11 is 14.9. The molecule has 0 aliphatic rings. The van der Waals surface area contributed by atoms with Crippen molar-refractivity contribution in [2.45, 2.75) is 5.03 Å². The molecule has 0 atom stereocenters. The lowest BCUT2D eigenvalue weighted by Crippen LogP contribution is -2.17. The zero-order valence-corrected chi connectivity index (χ0v) is 13.5. The molecule has 1 aromatic heterocycles. The summed E-state index contributed by atoms with van der Waals surface area (Å²) in [4.78, 5) is 0. The van der Waals surface area contributed by atoms with Crippen LogP contribution < -0.4 is 4.72 Å². The van der Waals surface area contributed by atoms with Crippen LogP contribution in [0.5, 0.6) is 0 Å². The van der Waals surface area contributed by atoms with Gasteiger partial charge in [-0.05, 0) is 34.1 Å². The Morgan fingerprint density at radius 3 is 2.63 bits per heavy atom. The van der Waals surface area contributed by atoms with Crippen LogP contribution in [0.1, 0.15) is 0 Å². The Balaban J connectivity index is 2.45. The molecule has 19 heavy (non-hydrogen) atoms. The van der Waals surface area contributed by atoms with Gasteiger partial charge in [0, 0.05) is 16.5 Å². The van der Waals surface area contributed by atoms with E-state index in [1.807, 2.05) is 0 Å². The van der Waals surface area contributed by atoms with E-state index in [4.69, 9.17) is 23.2 Å². The summed E-state index contributed by atoms with van der Waals surface area (Å²) in [5, 5.41) is 4.14. The molecule has 1 N–H and O–H groups in total. The first-order chi connectivity index (χ1) is 8.81. The van der Waals surface area contributed by atoms with E-state index < -0.39 is 10.0 Å². The summed E-state index contributed by atoms with van der Waals surface area (Å²) in [5.41, 5.74) is 0.324. The monoisotopic (exact) mass is 383 g/mol. The normalized spacial score (nSPS) is 11.6. The minimum absolute atomic E-state index is 0.0492. The Kier molecular flexibility index (Phi) is 4.10. The van der Waals surface area contributed by atoms with Gasteiger partial charge in [0.15, 0.2) is 5.03 Å². The van der Waals surface area contributed by atoms with Crippen molar-refractivity contribution in [3.05, 3.63) is 38.9 Å². The van der Waals surface area contributed by atoms with Gasteiger partial charge in [-0.1, -0.05) is 23.2 Å². The van der Waals surface area contributed by atoms with E-state index >= 15 is 0 Å². The van der Waals surface area contributed by atoms with Crippen molar-refractivity contribution in [1.29, 1.82) is 0 Å². The first-order valence-electron chi connectivity index (χ1n) is 4.96. The Morgan fingerprint density at radius 1 is 1.37 bits per heavy atom. The molecule has 102 valence electrons. The standard InChI is InChI=1S/C10H8BrCl2N3O2S/c1-16-10(8(13)5-14-16)19(17,18)15-9-4-6(12)2-3-7(9)11/h2-5,15H,1H3. The van der Waals surface area contributed by atoms with E-state index in [-0.39, 0.29) is 10.0 Å². The molecule has 0 bridgehead atoms. The number of benzene rings is 1. The third-order valence-electron chi connectivity index (χ3n) is 2.27. The second-order valence-corrected chi connectivity index (χ2v) is 6.95. The number of halogens is 3. The summed E-state index contributed by atoms with van der Waals surface area (Å²) in [7, 11) is -2.35. The number of rotatable bonds is 3. The van der Waals surface area contributed by atoms with Crippen LogP contribution in [0, 0.1) is 0 Å².